The van der Waals surface area contributed by atoms with Crippen LogP contribution in [0.3, 0.4) is 0 Å². The fourth-order valence-electron chi connectivity index (χ4n) is 3.58. The van der Waals surface area contributed by atoms with Gasteiger partial charge in [0.15, 0.2) is 0 Å². The van der Waals surface area contributed by atoms with E-state index in [1.54, 1.807) is 35.3 Å². The van der Waals surface area contributed by atoms with Crippen molar-refractivity contribution in [1.29, 1.82) is 0 Å². The Hall–Kier alpha value is -3.72. The molecule has 1 aromatic heterocycles. The van der Waals surface area contributed by atoms with E-state index in [-0.39, 0.29) is 11.7 Å². The van der Waals surface area contributed by atoms with Crippen LogP contribution in [0.15, 0.2) is 42.6 Å². The lowest BCUT2D eigenvalue weighted by Gasteiger charge is -2.11. The van der Waals surface area contributed by atoms with Gasteiger partial charge in [0.1, 0.15) is 11.6 Å². The molecule has 3 heterocycles. The molecule has 2 amide bonds. The fourth-order valence-corrected chi connectivity index (χ4v) is 3.58. The van der Waals surface area contributed by atoms with E-state index in [9.17, 15) is 14.7 Å². The SMILES string of the molecule is C1CCOCC1.Cc1c[nH]c(N)c1/C=C(\N)c1ccccc1O.NC(=O)/C=C/CN1CCCC1=O. The number of nitrogens with one attached hydrogen (secondary N) is 1. The summed E-state index contributed by atoms with van der Waals surface area (Å²) in [5.41, 5.74) is 19.6. The van der Waals surface area contributed by atoms with Crippen molar-refractivity contribution in [2.45, 2.75) is 39.0 Å². The number of para-hydroxylation sites is 1. The number of aromatic nitrogens is 1. The van der Waals surface area contributed by atoms with E-state index in [1.165, 1.54) is 25.3 Å². The lowest BCUT2D eigenvalue weighted by Crippen LogP contribution is -2.24. The van der Waals surface area contributed by atoms with Crippen molar-refractivity contribution in [3.63, 3.8) is 0 Å². The minimum absolute atomic E-state index is 0.157. The number of nitrogen functional groups attached to an aromatic ring is 1. The van der Waals surface area contributed by atoms with Crippen LogP contribution < -0.4 is 17.2 Å². The fraction of sp³-hybridized carbons (Fsp3) is 0.385. The lowest BCUT2D eigenvalue weighted by atomic mass is 10.1. The molecular formula is C26H37N5O4. The van der Waals surface area contributed by atoms with Crippen LogP contribution in [0.2, 0.25) is 0 Å². The first-order chi connectivity index (χ1) is 16.8. The molecule has 9 nitrogen and oxygen atoms in total. The van der Waals surface area contributed by atoms with E-state index < -0.39 is 5.91 Å². The highest BCUT2D eigenvalue weighted by molar-refractivity contribution is 5.86. The maximum absolute atomic E-state index is 11.0. The molecule has 190 valence electrons. The molecule has 9 heteroatoms. The molecule has 2 aromatic rings. The molecule has 2 aliphatic rings. The number of phenolic OH excluding ortho intramolecular Hbond substituents is 1. The normalized spacial score (nSPS) is 15.9. The molecule has 35 heavy (non-hydrogen) atoms. The molecule has 1 aromatic carbocycles. The van der Waals surface area contributed by atoms with E-state index >= 15 is 0 Å². The van der Waals surface area contributed by atoms with Gasteiger partial charge in [-0.15, -0.1) is 0 Å². The minimum atomic E-state index is -0.471. The molecule has 4 rings (SSSR count). The Morgan fingerprint density at radius 2 is 1.89 bits per heavy atom. The van der Waals surface area contributed by atoms with Crippen LogP contribution in [0, 0.1) is 6.92 Å². The van der Waals surface area contributed by atoms with Crippen LogP contribution in [-0.4, -0.2) is 53.1 Å². The molecule has 0 atom stereocenters. The van der Waals surface area contributed by atoms with E-state index in [0.29, 0.717) is 30.0 Å². The molecule has 2 aliphatic heterocycles. The van der Waals surface area contributed by atoms with Crippen LogP contribution in [-0.2, 0) is 14.3 Å². The van der Waals surface area contributed by atoms with Crippen molar-refractivity contribution in [2.75, 3.05) is 32.0 Å². The Bertz CT molecular complexity index is 993. The highest BCUT2D eigenvalue weighted by atomic mass is 16.5. The number of anilines is 1. The highest BCUT2D eigenvalue weighted by Crippen LogP contribution is 2.25. The molecule has 0 aliphatic carbocycles. The number of phenols is 1. The molecule has 2 fully saturated rings. The summed E-state index contributed by atoms with van der Waals surface area (Å²) < 4.78 is 5.07. The zero-order chi connectivity index (χ0) is 25.6. The summed E-state index contributed by atoms with van der Waals surface area (Å²) in [6.45, 7) is 5.24. The van der Waals surface area contributed by atoms with Gasteiger partial charge in [-0.25, -0.2) is 0 Å². The van der Waals surface area contributed by atoms with Gasteiger partial charge >= 0.3 is 0 Å². The Labute approximate surface area is 206 Å². The van der Waals surface area contributed by atoms with Crippen LogP contribution >= 0.6 is 0 Å². The lowest BCUT2D eigenvalue weighted by molar-refractivity contribution is -0.127. The molecule has 0 unspecified atom stereocenters. The predicted molar refractivity (Wildman–Crippen MR) is 139 cm³/mol. The Balaban J connectivity index is 0.000000207. The summed E-state index contributed by atoms with van der Waals surface area (Å²) in [7, 11) is 0. The third kappa shape index (κ3) is 9.58. The topological polar surface area (TPSA) is 161 Å². The van der Waals surface area contributed by atoms with Crippen molar-refractivity contribution in [1.82, 2.24) is 9.88 Å². The summed E-state index contributed by atoms with van der Waals surface area (Å²) in [6.07, 6.45) is 12.0. The third-order valence-electron chi connectivity index (χ3n) is 5.53. The molecule has 0 bridgehead atoms. The number of hydrogen-bond donors (Lipinski definition) is 5. The Morgan fingerprint density at radius 1 is 1.17 bits per heavy atom. The van der Waals surface area contributed by atoms with E-state index in [2.05, 4.69) is 4.98 Å². The molecule has 0 radical (unpaired) electrons. The number of amides is 2. The van der Waals surface area contributed by atoms with Gasteiger partial charge in [-0.1, -0.05) is 18.2 Å². The second kappa shape index (κ2) is 14.5. The number of carbonyl (C=O) groups excluding carboxylic acids is 2. The van der Waals surface area contributed by atoms with Crippen LogP contribution in [0.5, 0.6) is 5.75 Å². The number of hydrogen-bond acceptors (Lipinski definition) is 6. The highest BCUT2D eigenvalue weighted by Gasteiger charge is 2.18. The quantitative estimate of drug-likeness (QED) is 0.411. The summed E-state index contributed by atoms with van der Waals surface area (Å²) in [4.78, 5) is 25.9. The summed E-state index contributed by atoms with van der Waals surface area (Å²) >= 11 is 0. The first kappa shape index (κ1) is 27.5. The predicted octanol–water partition coefficient (Wildman–Crippen LogP) is 2.90. The maximum atomic E-state index is 11.0. The van der Waals surface area contributed by atoms with Gasteiger partial charge < -0.3 is 36.9 Å². The van der Waals surface area contributed by atoms with Gasteiger partial charge in [0.25, 0.3) is 0 Å². The second-order valence-electron chi connectivity index (χ2n) is 8.34. The van der Waals surface area contributed by atoms with Crippen LogP contribution in [0.25, 0.3) is 11.8 Å². The number of nitrogens with two attached hydrogens (primary N) is 3. The van der Waals surface area contributed by atoms with Crippen molar-refractivity contribution < 1.29 is 19.4 Å². The Morgan fingerprint density at radius 3 is 2.37 bits per heavy atom. The number of rotatable bonds is 5. The number of aromatic amines is 1. The van der Waals surface area contributed by atoms with Gasteiger partial charge in [-0.05, 0) is 56.4 Å². The molecule has 2 saturated heterocycles. The van der Waals surface area contributed by atoms with Gasteiger partial charge in [0.2, 0.25) is 11.8 Å². The number of ether oxygens (including phenoxy) is 1. The van der Waals surface area contributed by atoms with Crippen molar-refractivity contribution >= 4 is 29.4 Å². The summed E-state index contributed by atoms with van der Waals surface area (Å²) in [5.74, 6) is 0.416. The number of aromatic hydroxyl groups is 1. The van der Waals surface area contributed by atoms with Gasteiger partial charge in [0, 0.05) is 61.8 Å². The number of primary amides is 1. The number of likely N-dealkylation sites (tertiary alicyclic amines) is 1. The van der Waals surface area contributed by atoms with Crippen molar-refractivity contribution in [2.24, 2.45) is 11.5 Å². The number of aryl methyl sites for hydroxylation is 1. The number of benzene rings is 1. The zero-order valence-corrected chi connectivity index (χ0v) is 20.3. The van der Waals surface area contributed by atoms with E-state index in [1.807, 2.05) is 19.2 Å². The molecule has 8 N–H and O–H groups in total. The number of carbonyl (C=O) groups is 2. The molecular weight excluding hydrogens is 446 g/mol. The van der Waals surface area contributed by atoms with Gasteiger partial charge in [-0.2, -0.15) is 0 Å². The average molecular weight is 484 g/mol. The Kier molecular flexibility index (Phi) is 11.4. The third-order valence-corrected chi connectivity index (χ3v) is 5.53. The molecule has 0 saturated carbocycles. The van der Waals surface area contributed by atoms with E-state index in [4.69, 9.17) is 21.9 Å². The largest absolute Gasteiger partial charge is 0.507 e. The minimum Gasteiger partial charge on any atom is -0.507 e. The monoisotopic (exact) mass is 483 g/mol. The first-order valence-corrected chi connectivity index (χ1v) is 11.8. The smallest absolute Gasteiger partial charge is 0.241 e. The summed E-state index contributed by atoms with van der Waals surface area (Å²) in [6, 6.07) is 6.94. The molecule has 0 spiro atoms. The van der Waals surface area contributed by atoms with E-state index in [0.717, 1.165) is 37.3 Å². The van der Waals surface area contributed by atoms with Crippen LogP contribution in [0.4, 0.5) is 5.82 Å². The van der Waals surface area contributed by atoms with Crippen molar-refractivity contribution in [3.8, 4) is 5.75 Å². The second-order valence-corrected chi connectivity index (χ2v) is 8.34. The maximum Gasteiger partial charge on any atom is 0.241 e. The zero-order valence-electron chi connectivity index (χ0n) is 20.3. The standard InChI is InChI=1S/C13H15N3O.C8H12N2O2.C5H10O/c1-8-7-16-13(15)10(8)6-11(14)9-4-2-3-5-12(9)17;9-7(11)3-1-5-10-6-2-4-8(10)12;1-2-4-6-5-3-1/h2-7,16-17H,14-15H2,1H3;1,3H,2,4-6H2,(H2,9,11);1-5H2/b11-6-;3-1+;. The van der Waals surface area contributed by atoms with Gasteiger partial charge in [-0.3, -0.25) is 9.59 Å². The number of H-pyrrole nitrogens is 1. The first-order valence-electron chi connectivity index (χ1n) is 11.8. The van der Waals surface area contributed by atoms with Crippen molar-refractivity contribution in [3.05, 3.63) is 59.3 Å². The summed E-state index contributed by atoms with van der Waals surface area (Å²) in [5, 5.41) is 9.69. The average Bonchev–Trinajstić information content (AvgIpc) is 3.40. The van der Waals surface area contributed by atoms with Crippen LogP contribution in [0.1, 0.15) is 48.8 Å². The number of nitrogens with zero attached hydrogens (tertiary/aromatic N) is 1. The van der Waals surface area contributed by atoms with Gasteiger partial charge in [0.05, 0.1) is 0 Å².